The molecule has 2 heterocycles. The van der Waals surface area contributed by atoms with E-state index in [9.17, 15) is 9.18 Å². The summed E-state index contributed by atoms with van der Waals surface area (Å²) in [6.07, 6.45) is 2.18. The highest BCUT2D eigenvalue weighted by Gasteiger charge is 2.39. The van der Waals surface area contributed by atoms with Gasteiger partial charge in [-0.15, -0.1) is 12.4 Å². The van der Waals surface area contributed by atoms with E-state index in [0.717, 1.165) is 12.0 Å². The second kappa shape index (κ2) is 8.25. The van der Waals surface area contributed by atoms with Gasteiger partial charge in [0.15, 0.2) is 0 Å². The molecule has 2 saturated heterocycles. The van der Waals surface area contributed by atoms with Crippen LogP contribution in [0.3, 0.4) is 0 Å². The number of hydrogen-bond acceptors (Lipinski definition) is 4. The first-order valence-corrected chi connectivity index (χ1v) is 8.14. The van der Waals surface area contributed by atoms with Gasteiger partial charge in [-0.1, -0.05) is 12.1 Å². The summed E-state index contributed by atoms with van der Waals surface area (Å²) < 4.78 is 24.7. The van der Waals surface area contributed by atoms with Crippen LogP contribution in [0.5, 0.6) is 0 Å². The molecule has 0 aromatic heterocycles. The molecule has 2 atom stereocenters. The van der Waals surface area contributed by atoms with Gasteiger partial charge in [0, 0.05) is 19.8 Å². The highest BCUT2D eigenvalue weighted by Crippen LogP contribution is 2.33. The summed E-state index contributed by atoms with van der Waals surface area (Å²) in [6.45, 7) is 1.49. The molecule has 3 N–H and O–H groups in total. The topological polar surface area (TPSA) is 73.6 Å². The molecule has 0 aliphatic carbocycles. The summed E-state index contributed by atoms with van der Waals surface area (Å²) in [6, 6.07) is 6.42. The Labute approximate surface area is 147 Å². The first kappa shape index (κ1) is 19.1. The number of rotatable bonds is 4. The van der Waals surface area contributed by atoms with Crippen LogP contribution < -0.4 is 11.1 Å². The summed E-state index contributed by atoms with van der Waals surface area (Å²) in [5, 5.41) is 3.11. The van der Waals surface area contributed by atoms with Crippen molar-refractivity contribution in [3.8, 4) is 0 Å². The molecule has 1 amide bonds. The van der Waals surface area contributed by atoms with Crippen LogP contribution >= 0.6 is 12.4 Å². The second-order valence-corrected chi connectivity index (χ2v) is 6.25. The molecule has 2 aliphatic heterocycles. The van der Waals surface area contributed by atoms with E-state index in [1.807, 2.05) is 6.07 Å². The fraction of sp³-hybridized carbons (Fsp3) is 0.588. The average molecular weight is 359 g/mol. The zero-order valence-electron chi connectivity index (χ0n) is 13.5. The van der Waals surface area contributed by atoms with Crippen molar-refractivity contribution in [3.05, 3.63) is 35.6 Å². The highest BCUT2D eigenvalue weighted by molar-refractivity contribution is 5.85. The zero-order valence-corrected chi connectivity index (χ0v) is 14.3. The van der Waals surface area contributed by atoms with Crippen LogP contribution in [0.4, 0.5) is 4.39 Å². The van der Waals surface area contributed by atoms with Crippen LogP contribution in [0.15, 0.2) is 24.3 Å². The Morgan fingerprint density at radius 2 is 2.08 bits per heavy atom. The van der Waals surface area contributed by atoms with Crippen molar-refractivity contribution in [3.63, 3.8) is 0 Å². The summed E-state index contributed by atoms with van der Waals surface area (Å²) in [4.78, 5) is 12.6. The Balaban J connectivity index is 0.00000208. The Morgan fingerprint density at radius 1 is 1.33 bits per heavy atom. The maximum absolute atomic E-state index is 13.6. The van der Waals surface area contributed by atoms with Gasteiger partial charge in [0.05, 0.1) is 11.6 Å². The van der Waals surface area contributed by atoms with E-state index in [-0.39, 0.29) is 30.2 Å². The van der Waals surface area contributed by atoms with Crippen LogP contribution in [0.25, 0.3) is 0 Å². The molecule has 5 nitrogen and oxygen atoms in total. The number of halogens is 2. The van der Waals surface area contributed by atoms with Crippen LogP contribution in [0.1, 0.15) is 31.2 Å². The van der Waals surface area contributed by atoms with Crippen molar-refractivity contribution in [2.75, 3.05) is 19.8 Å². The minimum absolute atomic E-state index is 0. The molecular weight excluding hydrogens is 335 g/mol. The van der Waals surface area contributed by atoms with Crippen LogP contribution in [-0.4, -0.2) is 37.9 Å². The molecule has 0 bridgehead atoms. The molecule has 24 heavy (non-hydrogen) atoms. The predicted molar refractivity (Wildman–Crippen MR) is 90.5 cm³/mol. The molecule has 1 aromatic rings. The summed E-state index contributed by atoms with van der Waals surface area (Å²) >= 11 is 0. The van der Waals surface area contributed by atoms with E-state index < -0.39 is 11.6 Å². The minimum Gasteiger partial charge on any atom is -0.381 e. The van der Waals surface area contributed by atoms with E-state index >= 15 is 0 Å². The van der Waals surface area contributed by atoms with E-state index in [0.29, 0.717) is 39.0 Å². The largest absolute Gasteiger partial charge is 0.381 e. The number of benzene rings is 1. The molecule has 1 aromatic carbocycles. The quantitative estimate of drug-likeness (QED) is 0.861. The smallest absolute Gasteiger partial charge is 0.249 e. The van der Waals surface area contributed by atoms with Gasteiger partial charge in [-0.3, -0.25) is 4.79 Å². The lowest BCUT2D eigenvalue weighted by Crippen LogP contribution is -2.52. The monoisotopic (exact) mass is 358 g/mol. The maximum Gasteiger partial charge on any atom is 0.249 e. The number of nitrogens with two attached hydrogens (primary N) is 1. The molecule has 3 rings (SSSR count). The van der Waals surface area contributed by atoms with Crippen molar-refractivity contribution in [1.29, 1.82) is 0 Å². The van der Waals surface area contributed by atoms with Crippen LogP contribution in [-0.2, 0) is 19.8 Å². The third-order valence-corrected chi connectivity index (χ3v) is 4.75. The maximum atomic E-state index is 13.6. The minimum atomic E-state index is -0.596. The van der Waals surface area contributed by atoms with Gasteiger partial charge in [-0.05, 0) is 43.4 Å². The molecule has 7 heteroatoms. The lowest BCUT2D eigenvalue weighted by Gasteiger charge is -2.39. The van der Waals surface area contributed by atoms with Crippen molar-refractivity contribution in [2.45, 2.75) is 43.4 Å². The zero-order chi connectivity index (χ0) is 16.3. The molecule has 134 valence electrons. The number of carbonyl (C=O) groups excluding carboxylic acids is 1. The first-order chi connectivity index (χ1) is 11.1. The summed E-state index contributed by atoms with van der Waals surface area (Å²) in [5.41, 5.74) is 5.78. The number of nitrogens with one attached hydrogen (secondary N) is 1. The van der Waals surface area contributed by atoms with Gasteiger partial charge in [0.2, 0.25) is 5.91 Å². The van der Waals surface area contributed by atoms with Gasteiger partial charge in [-0.25, -0.2) is 4.39 Å². The van der Waals surface area contributed by atoms with Gasteiger partial charge in [-0.2, -0.15) is 0 Å². The lowest BCUT2D eigenvalue weighted by atomic mass is 9.82. The summed E-state index contributed by atoms with van der Waals surface area (Å²) in [7, 11) is 0. The van der Waals surface area contributed by atoms with Gasteiger partial charge < -0.3 is 20.5 Å². The van der Waals surface area contributed by atoms with Crippen molar-refractivity contribution < 1.29 is 18.7 Å². The van der Waals surface area contributed by atoms with E-state index in [1.165, 1.54) is 12.1 Å². The first-order valence-electron chi connectivity index (χ1n) is 8.14. The standard InChI is InChI=1S/C17H23FN2O3.ClH/c18-13-3-1-2-12(10-13)17(6-8-22-9-7-17)20-16(21)15-5-4-14(11-19)23-15;/h1-3,10,14-15H,4-9,11,19H2,(H,20,21);1H/t14-,15+;/m1./s1. The Bertz CT molecular complexity index is 567. The third-order valence-electron chi connectivity index (χ3n) is 4.75. The lowest BCUT2D eigenvalue weighted by molar-refractivity contribution is -0.135. The third kappa shape index (κ3) is 4.06. The number of amides is 1. The molecule has 2 fully saturated rings. The van der Waals surface area contributed by atoms with E-state index in [2.05, 4.69) is 5.32 Å². The fourth-order valence-electron chi connectivity index (χ4n) is 3.38. The fourth-order valence-corrected chi connectivity index (χ4v) is 3.38. The van der Waals surface area contributed by atoms with Gasteiger partial charge in [0.1, 0.15) is 11.9 Å². The van der Waals surface area contributed by atoms with Gasteiger partial charge in [0.25, 0.3) is 0 Å². The molecular formula is C17H24ClFN2O3. The second-order valence-electron chi connectivity index (χ2n) is 6.25. The SMILES string of the molecule is Cl.NC[C@H]1CC[C@@H](C(=O)NC2(c3cccc(F)c3)CCOCC2)O1. The Morgan fingerprint density at radius 3 is 2.71 bits per heavy atom. The van der Waals surface area contributed by atoms with Crippen LogP contribution in [0.2, 0.25) is 0 Å². The summed E-state index contributed by atoms with van der Waals surface area (Å²) in [5.74, 6) is -0.449. The number of carbonyl (C=O) groups is 1. The molecule has 0 spiro atoms. The predicted octanol–water partition coefficient (Wildman–Crippen LogP) is 1.88. The van der Waals surface area contributed by atoms with E-state index in [4.69, 9.17) is 15.2 Å². The Hall–Kier alpha value is -1.21. The van der Waals surface area contributed by atoms with Gasteiger partial charge >= 0.3 is 0 Å². The molecule has 2 aliphatic rings. The molecule has 0 unspecified atom stereocenters. The highest BCUT2D eigenvalue weighted by atomic mass is 35.5. The van der Waals surface area contributed by atoms with Crippen molar-refractivity contribution in [2.24, 2.45) is 5.73 Å². The molecule has 0 radical (unpaired) electrons. The van der Waals surface area contributed by atoms with Crippen LogP contribution in [0, 0.1) is 5.82 Å². The normalized spacial score (nSPS) is 25.8. The van der Waals surface area contributed by atoms with Crippen molar-refractivity contribution >= 4 is 18.3 Å². The number of ether oxygens (including phenoxy) is 2. The average Bonchev–Trinajstić information content (AvgIpc) is 3.05. The van der Waals surface area contributed by atoms with E-state index in [1.54, 1.807) is 6.07 Å². The Kier molecular flexibility index (Phi) is 6.57. The number of hydrogen-bond donors (Lipinski definition) is 2. The molecule has 0 saturated carbocycles. The van der Waals surface area contributed by atoms with Crippen molar-refractivity contribution in [1.82, 2.24) is 5.32 Å².